The molecule has 1 N–H and O–H groups in total. The molecule has 0 radical (unpaired) electrons. The van der Waals surface area contributed by atoms with Crippen LogP contribution in [0.15, 0.2) is 0 Å². The zero-order chi connectivity index (χ0) is 12.9. The van der Waals surface area contributed by atoms with Crippen molar-refractivity contribution in [2.45, 2.75) is 65.4 Å². The first-order valence-corrected chi connectivity index (χ1v) is 7.26. The first-order chi connectivity index (χ1) is 7.89. The van der Waals surface area contributed by atoms with E-state index in [2.05, 4.69) is 32.7 Å². The second kappa shape index (κ2) is 6.75. The second-order valence-corrected chi connectivity index (χ2v) is 6.94. The van der Waals surface area contributed by atoms with Crippen LogP contribution in [0.25, 0.3) is 0 Å². The summed E-state index contributed by atoms with van der Waals surface area (Å²) in [5, 5.41) is 10.0. The predicted molar refractivity (Wildman–Crippen MR) is 74.2 cm³/mol. The summed E-state index contributed by atoms with van der Waals surface area (Å²) in [7, 11) is 2.20. The van der Waals surface area contributed by atoms with Crippen LogP contribution in [0.1, 0.15) is 59.3 Å². The molecule has 0 aromatic rings. The molecular formula is C15H31NO. The molecule has 1 aliphatic rings. The van der Waals surface area contributed by atoms with Crippen molar-refractivity contribution in [1.82, 2.24) is 4.90 Å². The Hall–Kier alpha value is -0.0800. The molecule has 1 unspecified atom stereocenters. The molecule has 17 heavy (non-hydrogen) atoms. The fraction of sp³-hybridized carbons (Fsp3) is 1.00. The number of aliphatic hydroxyl groups is 1. The number of aliphatic hydroxyl groups excluding tert-OH is 1. The molecule has 1 atom stereocenters. The standard InChI is InChI=1S/C15H31NO/c1-15(2,3)14(17)10-11-16(4)12-13-8-6-5-7-9-13/h13-14,17H,5-12H2,1-4H3. The molecule has 2 nitrogen and oxygen atoms in total. The summed E-state index contributed by atoms with van der Waals surface area (Å²) in [6.07, 6.45) is 7.80. The Morgan fingerprint density at radius 3 is 2.29 bits per heavy atom. The first-order valence-electron chi connectivity index (χ1n) is 7.26. The maximum atomic E-state index is 10.0. The van der Waals surface area contributed by atoms with E-state index in [1.807, 2.05) is 0 Å². The van der Waals surface area contributed by atoms with Gasteiger partial charge in [-0.05, 0) is 37.6 Å². The third kappa shape index (κ3) is 5.87. The molecule has 1 aliphatic carbocycles. The molecule has 0 heterocycles. The second-order valence-electron chi connectivity index (χ2n) is 6.94. The Morgan fingerprint density at radius 2 is 1.76 bits per heavy atom. The molecule has 1 fully saturated rings. The average Bonchev–Trinajstić information content (AvgIpc) is 2.26. The average molecular weight is 241 g/mol. The zero-order valence-corrected chi connectivity index (χ0v) is 12.2. The van der Waals surface area contributed by atoms with Crippen LogP contribution < -0.4 is 0 Å². The maximum Gasteiger partial charge on any atom is 0.0600 e. The van der Waals surface area contributed by atoms with Gasteiger partial charge in [0.2, 0.25) is 0 Å². The van der Waals surface area contributed by atoms with Crippen molar-refractivity contribution >= 4 is 0 Å². The van der Waals surface area contributed by atoms with E-state index in [0.717, 1.165) is 18.9 Å². The van der Waals surface area contributed by atoms with Crippen LogP contribution in [0.5, 0.6) is 0 Å². The van der Waals surface area contributed by atoms with Crippen LogP contribution >= 0.6 is 0 Å². The van der Waals surface area contributed by atoms with Crippen LogP contribution in [-0.4, -0.2) is 36.2 Å². The minimum atomic E-state index is -0.184. The van der Waals surface area contributed by atoms with Gasteiger partial charge >= 0.3 is 0 Å². The summed E-state index contributed by atoms with van der Waals surface area (Å²) >= 11 is 0. The Labute approximate surface area is 107 Å². The van der Waals surface area contributed by atoms with Gasteiger partial charge in [0.1, 0.15) is 0 Å². The van der Waals surface area contributed by atoms with Crippen molar-refractivity contribution in [3.8, 4) is 0 Å². The lowest BCUT2D eigenvalue weighted by Crippen LogP contribution is -2.33. The normalized spacial score (nSPS) is 20.8. The molecule has 0 bridgehead atoms. The van der Waals surface area contributed by atoms with Crippen molar-refractivity contribution in [3.05, 3.63) is 0 Å². The molecule has 0 aliphatic heterocycles. The van der Waals surface area contributed by atoms with Crippen LogP contribution in [0.2, 0.25) is 0 Å². The van der Waals surface area contributed by atoms with Crippen molar-refractivity contribution in [2.75, 3.05) is 20.1 Å². The predicted octanol–water partition coefficient (Wildman–Crippen LogP) is 3.30. The number of rotatable bonds is 5. The minimum absolute atomic E-state index is 0.0195. The Bertz CT molecular complexity index is 203. The molecule has 0 spiro atoms. The summed E-state index contributed by atoms with van der Waals surface area (Å²) in [4.78, 5) is 2.41. The van der Waals surface area contributed by atoms with E-state index in [0.29, 0.717) is 0 Å². The Balaban J connectivity index is 2.18. The topological polar surface area (TPSA) is 23.5 Å². The lowest BCUT2D eigenvalue weighted by atomic mass is 9.87. The molecule has 1 rings (SSSR count). The molecule has 0 aromatic carbocycles. The summed E-state index contributed by atoms with van der Waals surface area (Å²) in [5.41, 5.74) is 0.0195. The third-order valence-corrected chi connectivity index (χ3v) is 4.08. The highest BCUT2D eigenvalue weighted by molar-refractivity contribution is 4.75. The number of nitrogens with zero attached hydrogens (tertiary/aromatic N) is 1. The SMILES string of the molecule is CN(CCC(O)C(C)(C)C)CC1CCCCC1. The van der Waals surface area contributed by atoms with Gasteiger partial charge in [-0.3, -0.25) is 0 Å². The van der Waals surface area contributed by atoms with Gasteiger partial charge in [0.05, 0.1) is 6.10 Å². The highest BCUT2D eigenvalue weighted by atomic mass is 16.3. The van der Waals surface area contributed by atoms with Gasteiger partial charge in [0.15, 0.2) is 0 Å². The lowest BCUT2D eigenvalue weighted by Gasteiger charge is -2.30. The molecular weight excluding hydrogens is 210 g/mol. The van der Waals surface area contributed by atoms with Gasteiger partial charge in [0, 0.05) is 13.1 Å². The fourth-order valence-electron chi connectivity index (χ4n) is 2.68. The van der Waals surface area contributed by atoms with Crippen molar-refractivity contribution < 1.29 is 5.11 Å². The number of hydrogen-bond donors (Lipinski definition) is 1. The summed E-state index contributed by atoms with van der Waals surface area (Å²) in [6, 6.07) is 0. The summed E-state index contributed by atoms with van der Waals surface area (Å²) in [5.74, 6) is 0.903. The first kappa shape index (κ1) is 15.0. The van der Waals surface area contributed by atoms with Gasteiger partial charge in [-0.15, -0.1) is 0 Å². The van der Waals surface area contributed by atoms with Crippen LogP contribution in [-0.2, 0) is 0 Å². The van der Waals surface area contributed by atoms with E-state index in [-0.39, 0.29) is 11.5 Å². The van der Waals surface area contributed by atoms with E-state index in [9.17, 15) is 5.11 Å². The smallest absolute Gasteiger partial charge is 0.0600 e. The van der Waals surface area contributed by atoms with E-state index in [4.69, 9.17) is 0 Å². The van der Waals surface area contributed by atoms with Crippen molar-refractivity contribution in [2.24, 2.45) is 11.3 Å². The molecule has 0 amide bonds. The zero-order valence-electron chi connectivity index (χ0n) is 12.2. The molecule has 0 saturated heterocycles. The van der Waals surface area contributed by atoms with Gasteiger partial charge in [-0.25, -0.2) is 0 Å². The quantitative estimate of drug-likeness (QED) is 0.798. The Kier molecular flexibility index (Phi) is 5.94. The van der Waals surface area contributed by atoms with Gasteiger partial charge in [0.25, 0.3) is 0 Å². The highest BCUT2D eigenvalue weighted by Crippen LogP contribution is 2.25. The van der Waals surface area contributed by atoms with Crippen LogP contribution in [0.4, 0.5) is 0 Å². The third-order valence-electron chi connectivity index (χ3n) is 4.08. The maximum absolute atomic E-state index is 10.0. The largest absolute Gasteiger partial charge is 0.393 e. The van der Waals surface area contributed by atoms with Crippen LogP contribution in [0, 0.1) is 11.3 Å². The van der Waals surface area contributed by atoms with Gasteiger partial charge in [-0.2, -0.15) is 0 Å². The summed E-state index contributed by atoms with van der Waals surface area (Å²) < 4.78 is 0. The fourth-order valence-corrected chi connectivity index (χ4v) is 2.68. The van der Waals surface area contributed by atoms with Gasteiger partial charge < -0.3 is 10.0 Å². The van der Waals surface area contributed by atoms with Crippen molar-refractivity contribution in [1.29, 1.82) is 0 Å². The van der Waals surface area contributed by atoms with E-state index in [1.165, 1.54) is 38.6 Å². The lowest BCUT2D eigenvalue weighted by molar-refractivity contribution is 0.0461. The minimum Gasteiger partial charge on any atom is -0.393 e. The van der Waals surface area contributed by atoms with E-state index in [1.54, 1.807) is 0 Å². The molecule has 0 aromatic heterocycles. The molecule has 102 valence electrons. The van der Waals surface area contributed by atoms with Crippen molar-refractivity contribution in [3.63, 3.8) is 0 Å². The van der Waals surface area contributed by atoms with Crippen LogP contribution in [0.3, 0.4) is 0 Å². The van der Waals surface area contributed by atoms with Gasteiger partial charge in [-0.1, -0.05) is 40.0 Å². The Morgan fingerprint density at radius 1 is 1.18 bits per heavy atom. The van der Waals surface area contributed by atoms with E-state index >= 15 is 0 Å². The molecule has 2 heteroatoms. The number of hydrogen-bond acceptors (Lipinski definition) is 2. The summed E-state index contributed by atoms with van der Waals surface area (Å²) in [6.45, 7) is 8.57. The highest BCUT2D eigenvalue weighted by Gasteiger charge is 2.22. The molecule has 1 saturated carbocycles. The van der Waals surface area contributed by atoms with E-state index < -0.39 is 0 Å². The monoisotopic (exact) mass is 241 g/mol.